The lowest BCUT2D eigenvalue weighted by Gasteiger charge is -2.12. The zero-order valence-corrected chi connectivity index (χ0v) is 10.6. The van der Waals surface area contributed by atoms with Crippen LogP contribution in [0, 0.1) is 6.92 Å². The summed E-state index contributed by atoms with van der Waals surface area (Å²) in [7, 11) is 0. The molecule has 0 fully saturated rings. The van der Waals surface area contributed by atoms with Gasteiger partial charge < -0.3 is 15.8 Å². The van der Waals surface area contributed by atoms with E-state index in [9.17, 15) is 4.79 Å². The van der Waals surface area contributed by atoms with Crippen molar-refractivity contribution in [1.29, 1.82) is 0 Å². The van der Waals surface area contributed by atoms with Crippen LogP contribution < -0.4 is 15.8 Å². The molecule has 0 saturated heterocycles. The molecule has 1 aromatic carbocycles. The topological polar surface area (TPSA) is 64.3 Å². The summed E-state index contributed by atoms with van der Waals surface area (Å²) in [6.45, 7) is 6.13. The normalized spacial score (nSPS) is 10.4. The third-order valence-corrected chi connectivity index (χ3v) is 2.27. The Morgan fingerprint density at radius 1 is 1.47 bits per heavy atom. The van der Waals surface area contributed by atoms with Crippen molar-refractivity contribution >= 4 is 11.6 Å². The monoisotopic (exact) mass is 236 g/mol. The molecule has 4 heteroatoms. The summed E-state index contributed by atoms with van der Waals surface area (Å²) in [6, 6.07) is 5.75. The van der Waals surface area contributed by atoms with Crippen molar-refractivity contribution in [2.24, 2.45) is 0 Å². The van der Waals surface area contributed by atoms with E-state index in [1.807, 2.05) is 32.9 Å². The van der Waals surface area contributed by atoms with Crippen LogP contribution in [-0.2, 0) is 4.79 Å². The van der Waals surface area contributed by atoms with Gasteiger partial charge in [0.25, 0.3) is 0 Å². The van der Waals surface area contributed by atoms with Crippen LogP contribution in [0.2, 0.25) is 0 Å². The fourth-order valence-corrected chi connectivity index (χ4v) is 1.51. The number of ether oxygens (including phenoxy) is 1. The number of anilines is 1. The summed E-state index contributed by atoms with van der Waals surface area (Å²) in [5.74, 6) is 0.664. The molecule has 4 nitrogen and oxygen atoms in total. The molecule has 0 aromatic heterocycles. The van der Waals surface area contributed by atoms with Crippen LogP contribution in [0.5, 0.6) is 5.75 Å². The first-order valence-electron chi connectivity index (χ1n) is 5.78. The van der Waals surface area contributed by atoms with E-state index in [0.717, 1.165) is 5.56 Å². The number of benzene rings is 1. The van der Waals surface area contributed by atoms with Crippen LogP contribution in [0.4, 0.5) is 5.69 Å². The van der Waals surface area contributed by atoms with E-state index in [2.05, 4.69) is 5.32 Å². The van der Waals surface area contributed by atoms with E-state index in [0.29, 0.717) is 24.5 Å². The van der Waals surface area contributed by atoms with Gasteiger partial charge in [0, 0.05) is 6.04 Å². The zero-order valence-electron chi connectivity index (χ0n) is 10.6. The number of nitrogens with one attached hydrogen (secondary N) is 1. The first-order chi connectivity index (χ1) is 8.00. The minimum absolute atomic E-state index is 0.00726. The molecule has 1 amide bonds. The number of carbonyl (C=O) groups excluding carboxylic acids is 1. The first kappa shape index (κ1) is 13.4. The molecular weight excluding hydrogens is 216 g/mol. The van der Waals surface area contributed by atoms with E-state index in [4.69, 9.17) is 10.5 Å². The lowest BCUT2D eigenvalue weighted by atomic mass is 10.2. The van der Waals surface area contributed by atoms with Gasteiger partial charge in [-0.1, -0.05) is 12.1 Å². The summed E-state index contributed by atoms with van der Waals surface area (Å²) in [4.78, 5) is 11.4. The Balaban J connectivity index is 2.43. The standard InChI is InChI=1S/C13H20N2O2/c1-9(2)15-12(16)7-8-17-13-10(3)5-4-6-11(13)14/h4-6,9H,7-8,14H2,1-3H3,(H,15,16). The summed E-state index contributed by atoms with van der Waals surface area (Å²) in [5, 5.41) is 2.81. The van der Waals surface area contributed by atoms with Gasteiger partial charge >= 0.3 is 0 Å². The van der Waals surface area contributed by atoms with Crippen LogP contribution >= 0.6 is 0 Å². The Morgan fingerprint density at radius 3 is 2.76 bits per heavy atom. The second-order valence-corrected chi connectivity index (χ2v) is 4.31. The maximum absolute atomic E-state index is 11.4. The highest BCUT2D eigenvalue weighted by molar-refractivity contribution is 5.76. The highest BCUT2D eigenvalue weighted by Gasteiger charge is 2.06. The molecule has 0 aliphatic carbocycles. The number of carbonyl (C=O) groups is 1. The van der Waals surface area contributed by atoms with Crippen molar-refractivity contribution in [1.82, 2.24) is 5.32 Å². The fraction of sp³-hybridized carbons (Fsp3) is 0.462. The molecule has 0 unspecified atom stereocenters. The Hall–Kier alpha value is -1.71. The van der Waals surface area contributed by atoms with E-state index in [-0.39, 0.29) is 11.9 Å². The van der Waals surface area contributed by atoms with Gasteiger partial charge in [0.1, 0.15) is 5.75 Å². The van der Waals surface area contributed by atoms with Crippen molar-refractivity contribution < 1.29 is 9.53 Å². The SMILES string of the molecule is Cc1cccc(N)c1OCCC(=O)NC(C)C. The largest absolute Gasteiger partial charge is 0.491 e. The molecule has 1 rings (SSSR count). The first-order valence-corrected chi connectivity index (χ1v) is 5.78. The summed E-state index contributed by atoms with van der Waals surface area (Å²) < 4.78 is 5.53. The Morgan fingerprint density at radius 2 is 2.18 bits per heavy atom. The predicted octanol–water partition coefficient (Wildman–Crippen LogP) is 1.87. The number of para-hydroxylation sites is 1. The van der Waals surface area contributed by atoms with E-state index < -0.39 is 0 Å². The molecule has 0 atom stereocenters. The minimum Gasteiger partial charge on any atom is -0.491 e. The second-order valence-electron chi connectivity index (χ2n) is 4.31. The minimum atomic E-state index is -0.00726. The number of amides is 1. The number of nitrogens with two attached hydrogens (primary N) is 1. The highest BCUT2D eigenvalue weighted by atomic mass is 16.5. The number of hydrogen-bond acceptors (Lipinski definition) is 3. The van der Waals surface area contributed by atoms with E-state index >= 15 is 0 Å². The van der Waals surface area contributed by atoms with Gasteiger partial charge in [0.2, 0.25) is 5.91 Å². The molecule has 0 bridgehead atoms. The molecule has 0 aliphatic heterocycles. The third-order valence-electron chi connectivity index (χ3n) is 2.27. The molecular formula is C13H20N2O2. The predicted molar refractivity (Wildman–Crippen MR) is 69.0 cm³/mol. The third kappa shape index (κ3) is 4.34. The molecule has 0 spiro atoms. The van der Waals surface area contributed by atoms with Crippen LogP contribution in [0.3, 0.4) is 0 Å². The van der Waals surface area contributed by atoms with Crippen molar-refractivity contribution in [3.63, 3.8) is 0 Å². The molecule has 0 heterocycles. The average Bonchev–Trinajstić information content (AvgIpc) is 2.21. The highest BCUT2D eigenvalue weighted by Crippen LogP contribution is 2.25. The van der Waals surface area contributed by atoms with Crippen LogP contribution in [0.1, 0.15) is 25.8 Å². The van der Waals surface area contributed by atoms with Crippen LogP contribution in [0.25, 0.3) is 0 Å². The van der Waals surface area contributed by atoms with Crippen LogP contribution in [0.15, 0.2) is 18.2 Å². The van der Waals surface area contributed by atoms with Gasteiger partial charge in [-0.15, -0.1) is 0 Å². The van der Waals surface area contributed by atoms with Crippen LogP contribution in [-0.4, -0.2) is 18.6 Å². The lowest BCUT2D eigenvalue weighted by molar-refractivity contribution is -0.122. The molecule has 94 valence electrons. The quantitative estimate of drug-likeness (QED) is 0.767. The summed E-state index contributed by atoms with van der Waals surface area (Å²) in [6.07, 6.45) is 0.339. The average molecular weight is 236 g/mol. The lowest BCUT2D eigenvalue weighted by Crippen LogP contribution is -2.31. The number of rotatable bonds is 5. The van der Waals surface area contributed by atoms with Gasteiger partial charge in [-0.25, -0.2) is 0 Å². The van der Waals surface area contributed by atoms with E-state index in [1.54, 1.807) is 6.07 Å². The van der Waals surface area contributed by atoms with Gasteiger partial charge in [0.05, 0.1) is 18.7 Å². The number of aryl methyl sites for hydroxylation is 1. The van der Waals surface area contributed by atoms with Gasteiger partial charge in [-0.05, 0) is 32.4 Å². The molecule has 0 saturated carbocycles. The van der Waals surface area contributed by atoms with Crippen molar-refractivity contribution in [3.05, 3.63) is 23.8 Å². The summed E-state index contributed by atoms with van der Waals surface area (Å²) >= 11 is 0. The Bertz CT molecular complexity index is 369. The number of nitrogen functional groups attached to an aromatic ring is 1. The van der Waals surface area contributed by atoms with Crippen molar-refractivity contribution in [2.75, 3.05) is 12.3 Å². The van der Waals surface area contributed by atoms with Crippen molar-refractivity contribution in [3.8, 4) is 5.75 Å². The molecule has 17 heavy (non-hydrogen) atoms. The Labute approximate surface area is 102 Å². The van der Waals surface area contributed by atoms with Crippen molar-refractivity contribution in [2.45, 2.75) is 33.2 Å². The molecule has 1 aromatic rings. The molecule has 0 aliphatic rings. The van der Waals surface area contributed by atoms with E-state index in [1.165, 1.54) is 0 Å². The Kier molecular flexibility index (Phi) is 4.82. The fourth-order valence-electron chi connectivity index (χ4n) is 1.51. The maximum atomic E-state index is 11.4. The zero-order chi connectivity index (χ0) is 12.8. The molecule has 3 N–H and O–H groups in total. The second kappa shape index (κ2) is 6.13. The molecule has 0 radical (unpaired) electrons. The maximum Gasteiger partial charge on any atom is 0.223 e. The number of hydrogen-bond donors (Lipinski definition) is 2. The van der Waals surface area contributed by atoms with Gasteiger partial charge in [-0.2, -0.15) is 0 Å². The van der Waals surface area contributed by atoms with Gasteiger partial charge in [-0.3, -0.25) is 4.79 Å². The van der Waals surface area contributed by atoms with Gasteiger partial charge in [0.15, 0.2) is 0 Å². The smallest absolute Gasteiger partial charge is 0.223 e. The summed E-state index contributed by atoms with van der Waals surface area (Å²) in [5.41, 5.74) is 7.38.